The Morgan fingerprint density at radius 2 is 1.78 bits per heavy atom. The van der Waals surface area contributed by atoms with Gasteiger partial charge in [-0.3, -0.25) is 4.79 Å². The van der Waals surface area contributed by atoms with E-state index in [4.69, 9.17) is 0 Å². The average Bonchev–Trinajstić information content (AvgIpc) is 3.16. The predicted molar refractivity (Wildman–Crippen MR) is 92.4 cm³/mol. The van der Waals surface area contributed by atoms with Crippen molar-refractivity contribution in [2.75, 3.05) is 0 Å². The zero-order valence-corrected chi connectivity index (χ0v) is 13.2. The van der Waals surface area contributed by atoms with Gasteiger partial charge in [0.1, 0.15) is 0 Å². The minimum atomic E-state index is 0.239. The first-order chi connectivity index (χ1) is 11.2. The number of ketones is 1. The van der Waals surface area contributed by atoms with Crippen LogP contribution in [0.3, 0.4) is 0 Å². The molecule has 3 aliphatic rings. The number of hydrogen-bond donors (Lipinski definition) is 0. The van der Waals surface area contributed by atoms with Gasteiger partial charge in [-0.1, -0.05) is 54.1 Å². The second kappa shape index (κ2) is 4.67. The fraction of sp³-hybridized carbons (Fsp3) is 0.318. The van der Waals surface area contributed by atoms with E-state index >= 15 is 0 Å². The number of fused-ring (bicyclic) bond motifs is 4. The molecule has 3 aliphatic carbocycles. The summed E-state index contributed by atoms with van der Waals surface area (Å²) in [6, 6.07) is 16.9. The predicted octanol–water partition coefficient (Wildman–Crippen LogP) is 5.21. The van der Waals surface area contributed by atoms with Gasteiger partial charge in [-0.05, 0) is 59.8 Å². The van der Waals surface area contributed by atoms with Crippen LogP contribution in [0.25, 0.3) is 11.1 Å². The van der Waals surface area contributed by atoms with Crippen molar-refractivity contribution in [3.8, 4) is 11.1 Å². The molecule has 2 atom stereocenters. The maximum absolute atomic E-state index is 12.9. The number of rotatable bonds is 1. The summed E-state index contributed by atoms with van der Waals surface area (Å²) >= 11 is 0. The first-order valence-electron chi connectivity index (χ1n) is 8.63. The van der Waals surface area contributed by atoms with Crippen LogP contribution in [0.1, 0.15) is 41.6 Å². The summed E-state index contributed by atoms with van der Waals surface area (Å²) in [7, 11) is 0. The molecule has 1 saturated carbocycles. The van der Waals surface area contributed by atoms with Crippen LogP contribution in [0, 0.1) is 11.3 Å². The van der Waals surface area contributed by atoms with Gasteiger partial charge in [-0.25, -0.2) is 0 Å². The van der Waals surface area contributed by atoms with E-state index in [9.17, 15) is 4.79 Å². The fourth-order valence-corrected chi connectivity index (χ4v) is 5.07. The van der Waals surface area contributed by atoms with E-state index in [0.29, 0.717) is 11.7 Å². The summed E-state index contributed by atoms with van der Waals surface area (Å²) in [6.45, 7) is 0. The van der Waals surface area contributed by atoms with Crippen molar-refractivity contribution >= 4 is 5.78 Å². The van der Waals surface area contributed by atoms with Crippen LogP contribution in [0.4, 0.5) is 0 Å². The highest BCUT2D eigenvalue weighted by Crippen LogP contribution is 2.58. The molecule has 0 saturated heterocycles. The number of Topliss-reactive ketones (excluding diaryl/α,β-unsaturated/α-hetero) is 1. The average molecular weight is 300 g/mol. The molecule has 1 fully saturated rings. The summed E-state index contributed by atoms with van der Waals surface area (Å²) in [5, 5.41) is 0. The molecule has 2 unspecified atom stereocenters. The lowest BCUT2D eigenvalue weighted by Gasteiger charge is -2.39. The molecule has 1 heteroatoms. The van der Waals surface area contributed by atoms with E-state index < -0.39 is 0 Å². The van der Waals surface area contributed by atoms with Gasteiger partial charge in [0.25, 0.3) is 0 Å². The minimum Gasteiger partial charge on any atom is -0.294 e. The monoisotopic (exact) mass is 300 g/mol. The highest BCUT2D eigenvalue weighted by Gasteiger charge is 2.50. The Balaban J connectivity index is 1.55. The number of allylic oxidation sites excluding steroid dienone is 2. The van der Waals surface area contributed by atoms with Crippen molar-refractivity contribution in [1.82, 2.24) is 0 Å². The quantitative estimate of drug-likeness (QED) is 0.661. The molecule has 114 valence electrons. The van der Waals surface area contributed by atoms with Crippen LogP contribution in [-0.4, -0.2) is 5.78 Å². The van der Waals surface area contributed by atoms with E-state index in [2.05, 4.69) is 48.5 Å². The highest BCUT2D eigenvalue weighted by molar-refractivity contribution is 6.00. The van der Waals surface area contributed by atoms with Crippen molar-refractivity contribution in [2.24, 2.45) is 11.3 Å². The molecule has 0 aliphatic heterocycles. The summed E-state index contributed by atoms with van der Waals surface area (Å²) in [6.07, 6.45) is 7.84. The Kier molecular flexibility index (Phi) is 2.70. The van der Waals surface area contributed by atoms with Crippen LogP contribution in [0.5, 0.6) is 0 Å². The number of carbonyl (C=O) groups is 1. The molecular formula is C22H20O. The largest absolute Gasteiger partial charge is 0.294 e. The van der Waals surface area contributed by atoms with Crippen molar-refractivity contribution in [3.05, 3.63) is 71.3 Å². The lowest BCUT2D eigenvalue weighted by Crippen LogP contribution is -2.36. The zero-order chi connectivity index (χ0) is 15.4. The smallest absolute Gasteiger partial charge is 0.163 e. The SMILES string of the molecule is O=C1CC2(CC3=CCC2C3)Cc2ccc(-c3ccccc3)cc21. The van der Waals surface area contributed by atoms with Gasteiger partial charge in [0.2, 0.25) is 0 Å². The second-order valence-electron chi connectivity index (χ2n) is 7.55. The zero-order valence-electron chi connectivity index (χ0n) is 13.2. The first-order valence-corrected chi connectivity index (χ1v) is 8.63. The lowest BCUT2D eigenvalue weighted by molar-refractivity contribution is 0.0824. The number of carbonyl (C=O) groups excluding carboxylic acids is 1. The van der Waals surface area contributed by atoms with Gasteiger partial charge < -0.3 is 0 Å². The second-order valence-corrected chi connectivity index (χ2v) is 7.55. The Hall–Kier alpha value is -2.15. The van der Waals surface area contributed by atoms with Gasteiger partial charge in [-0.2, -0.15) is 0 Å². The topological polar surface area (TPSA) is 17.1 Å². The van der Waals surface area contributed by atoms with E-state index in [1.54, 1.807) is 5.57 Å². The molecule has 0 heterocycles. The lowest BCUT2D eigenvalue weighted by atomic mass is 9.63. The third kappa shape index (κ3) is 1.96. The molecule has 0 aromatic heterocycles. The molecule has 5 rings (SSSR count). The molecule has 2 aromatic rings. The van der Waals surface area contributed by atoms with Gasteiger partial charge in [-0.15, -0.1) is 0 Å². The Morgan fingerprint density at radius 3 is 2.52 bits per heavy atom. The van der Waals surface area contributed by atoms with E-state index in [1.165, 1.54) is 24.0 Å². The number of hydrogen-bond acceptors (Lipinski definition) is 1. The van der Waals surface area contributed by atoms with Crippen LogP contribution >= 0.6 is 0 Å². The molecule has 1 spiro atoms. The Labute approximate surface area is 137 Å². The normalized spacial score (nSPS) is 28.1. The summed E-state index contributed by atoms with van der Waals surface area (Å²) in [4.78, 5) is 12.9. The molecule has 0 N–H and O–H groups in total. The highest BCUT2D eigenvalue weighted by atomic mass is 16.1. The van der Waals surface area contributed by atoms with Gasteiger partial charge in [0.15, 0.2) is 5.78 Å². The van der Waals surface area contributed by atoms with Crippen molar-refractivity contribution < 1.29 is 4.79 Å². The van der Waals surface area contributed by atoms with Crippen molar-refractivity contribution in [3.63, 3.8) is 0 Å². The summed E-state index contributed by atoms with van der Waals surface area (Å²) in [5.74, 6) is 1.07. The van der Waals surface area contributed by atoms with Crippen LogP contribution in [0.2, 0.25) is 0 Å². The van der Waals surface area contributed by atoms with Crippen LogP contribution in [0.15, 0.2) is 60.2 Å². The Bertz CT molecular complexity index is 830. The molecule has 2 aromatic carbocycles. The van der Waals surface area contributed by atoms with E-state index in [0.717, 1.165) is 30.4 Å². The van der Waals surface area contributed by atoms with Crippen LogP contribution in [-0.2, 0) is 6.42 Å². The Morgan fingerprint density at radius 1 is 0.913 bits per heavy atom. The summed E-state index contributed by atoms with van der Waals surface area (Å²) < 4.78 is 0. The van der Waals surface area contributed by atoms with Gasteiger partial charge in [0.05, 0.1) is 0 Å². The van der Waals surface area contributed by atoms with Gasteiger partial charge >= 0.3 is 0 Å². The fourth-order valence-electron chi connectivity index (χ4n) is 5.07. The molecule has 0 amide bonds. The van der Waals surface area contributed by atoms with Gasteiger partial charge in [0, 0.05) is 12.0 Å². The molecule has 2 bridgehead atoms. The van der Waals surface area contributed by atoms with Crippen molar-refractivity contribution in [2.45, 2.75) is 32.1 Å². The number of benzene rings is 2. The van der Waals surface area contributed by atoms with Crippen molar-refractivity contribution in [1.29, 1.82) is 0 Å². The maximum Gasteiger partial charge on any atom is 0.163 e. The third-order valence-corrected chi connectivity index (χ3v) is 6.22. The standard InChI is InChI=1S/C22H20O/c23-21-14-22(12-15-6-9-19(22)10-15)13-18-8-7-17(11-20(18)21)16-4-2-1-3-5-16/h1-8,11,19H,9-10,12-14H2. The van der Waals surface area contributed by atoms with Crippen LogP contribution < -0.4 is 0 Å². The minimum absolute atomic E-state index is 0.239. The molecule has 1 nitrogen and oxygen atoms in total. The van der Waals surface area contributed by atoms with E-state index in [1.807, 2.05) is 6.07 Å². The third-order valence-electron chi connectivity index (χ3n) is 6.22. The summed E-state index contributed by atoms with van der Waals surface area (Å²) in [5.41, 5.74) is 6.43. The first kappa shape index (κ1) is 13.3. The molecule has 0 radical (unpaired) electrons. The van der Waals surface area contributed by atoms with E-state index in [-0.39, 0.29) is 5.41 Å². The molecular weight excluding hydrogens is 280 g/mol. The molecule has 23 heavy (non-hydrogen) atoms. The maximum atomic E-state index is 12.9.